The zero-order valence-electron chi connectivity index (χ0n) is 14.1. The maximum absolute atomic E-state index is 12.7. The molecule has 5 nitrogen and oxygen atoms in total. The molecule has 2 aromatic carbocycles. The van der Waals surface area contributed by atoms with Crippen LogP contribution >= 0.6 is 0 Å². The Kier molecular flexibility index (Phi) is 4.09. The Hall–Kier alpha value is -2.53. The van der Waals surface area contributed by atoms with E-state index in [1.165, 1.54) is 0 Å². The first-order valence-electron chi connectivity index (χ1n) is 8.51. The fraction of sp³-hybridized carbons (Fsp3) is 0.350. The van der Waals surface area contributed by atoms with Crippen LogP contribution in [0.5, 0.6) is 11.5 Å². The third-order valence-electron chi connectivity index (χ3n) is 5.05. The highest BCUT2D eigenvalue weighted by molar-refractivity contribution is 5.80. The highest BCUT2D eigenvalue weighted by Crippen LogP contribution is 2.33. The van der Waals surface area contributed by atoms with Gasteiger partial charge in [0.05, 0.1) is 25.2 Å². The first-order valence-corrected chi connectivity index (χ1v) is 8.51. The second kappa shape index (κ2) is 6.41. The van der Waals surface area contributed by atoms with Crippen molar-refractivity contribution in [3.8, 4) is 11.5 Å². The van der Waals surface area contributed by atoms with E-state index in [-0.39, 0.29) is 17.9 Å². The van der Waals surface area contributed by atoms with Gasteiger partial charge in [0.1, 0.15) is 18.1 Å². The van der Waals surface area contributed by atoms with Gasteiger partial charge in [-0.3, -0.25) is 4.79 Å². The molecule has 0 fully saturated rings. The smallest absolute Gasteiger partial charge is 0.227 e. The summed E-state index contributed by atoms with van der Waals surface area (Å²) in [6.45, 7) is 0.343. The SMILES string of the molecule is COc1ccc2c(c1)CC(C(=O)N[C@@H]1c3ccccc3C[C@@H]1O)CO2. The Morgan fingerprint density at radius 1 is 1.20 bits per heavy atom. The number of fused-ring (bicyclic) bond motifs is 2. The zero-order chi connectivity index (χ0) is 17.4. The van der Waals surface area contributed by atoms with Gasteiger partial charge in [0.2, 0.25) is 5.91 Å². The normalized spacial score (nSPS) is 24.0. The molecular formula is C20H21NO4. The quantitative estimate of drug-likeness (QED) is 0.898. The predicted octanol–water partition coefficient (Wildman–Crippen LogP) is 2.02. The number of methoxy groups -OCH3 is 1. The minimum absolute atomic E-state index is 0.0887. The molecule has 3 atom stereocenters. The molecule has 0 aromatic heterocycles. The van der Waals surface area contributed by atoms with Gasteiger partial charge in [0.15, 0.2) is 0 Å². The summed E-state index contributed by atoms with van der Waals surface area (Å²) in [5.74, 6) is 1.19. The van der Waals surface area contributed by atoms with Crippen LogP contribution < -0.4 is 14.8 Å². The number of hydrogen-bond acceptors (Lipinski definition) is 4. The lowest BCUT2D eigenvalue weighted by molar-refractivity contribution is -0.127. The van der Waals surface area contributed by atoms with Crippen molar-refractivity contribution in [2.45, 2.75) is 25.0 Å². The molecule has 1 amide bonds. The van der Waals surface area contributed by atoms with Crippen LogP contribution in [0.1, 0.15) is 22.7 Å². The molecule has 0 saturated heterocycles. The third-order valence-corrected chi connectivity index (χ3v) is 5.05. The Labute approximate surface area is 146 Å². The Balaban J connectivity index is 1.49. The monoisotopic (exact) mass is 339 g/mol. The molecule has 0 bridgehead atoms. The number of carbonyl (C=O) groups excluding carboxylic acids is 1. The van der Waals surface area contributed by atoms with Gasteiger partial charge in [-0.05, 0) is 41.3 Å². The molecule has 0 spiro atoms. The van der Waals surface area contributed by atoms with Gasteiger partial charge in [-0.1, -0.05) is 24.3 Å². The number of benzene rings is 2. The van der Waals surface area contributed by atoms with Crippen molar-refractivity contribution >= 4 is 5.91 Å². The van der Waals surface area contributed by atoms with Gasteiger partial charge in [0, 0.05) is 6.42 Å². The Morgan fingerprint density at radius 3 is 2.88 bits per heavy atom. The van der Waals surface area contributed by atoms with Crippen molar-refractivity contribution in [1.29, 1.82) is 0 Å². The zero-order valence-corrected chi connectivity index (χ0v) is 14.1. The molecule has 1 heterocycles. The minimum atomic E-state index is -0.585. The van der Waals surface area contributed by atoms with Crippen LogP contribution in [0, 0.1) is 5.92 Å². The summed E-state index contributed by atoms with van der Waals surface area (Å²) in [4.78, 5) is 12.7. The molecule has 4 rings (SSSR count). The Morgan fingerprint density at radius 2 is 2.04 bits per heavy atom. The van der Waals surface area contributed by atoms with E-state index in [0.29, 0.717) is 19.4 Å². The van der Waals surface area contributed by atoms with Gasteiger partial charge >= 0.3 is 0 Å². The first-order chi connectivity index (χ1) is 12.2. The maximum atomic E-state index is 12.7. The van der Waals surface area contributed by atoms with E-state index in [1.54, 1.807) is 7.11 Å². The molecule has 130 valence electrons. The van der Waals surface area contributed by atoms with E-state index < -0.39 is 6.10 Å². The van der Waals surface area contributed by atoms with E-state index in [9.17, 15) is 9.90 Å². The van der Waals surface area contributed by atoms with E-state index in [4.69, 9.17) is 9.47 Å². The van der Waals surface area contributed by atoms with Crippen LogP contribution in [0.4, 0.5) is 0 Å². The van der Waals surface area contributed by atoms with Crippen molar-refractivity contribution in [2.24, 2.45) is 5.92 Å². The summed E-state index contributed by atoms with van der Waals surface area (Å²) < 4.78 is 11.0. The number of nitrogens with one attached hydrogen (secondary N) is 1. The average Bonchev–Trinajstić information content (AvgIpc) is 2.96. The van der Waals surface area contributed by atoms with Crippen molar-refractivity contribution in [1.82, 2.24) is 5.32 Å². The second-order valence-electron chi connectivity index (χ2n) is 6.64. The molecule has 0 radical (unpaired) electrons. The number of hydrogen-bond donors (Lipinski definition) is 2. The molecule has 1 aliphatic carbocycles. The molecule has 2 N–H and O–H groups in total. The number of aliphatic hydroxyl groups excluding tert-OH is 1. The molecule has 1 aliphatic heterocycles. The van der Waals surface area contributed by atoms with Crippen molar-refractivity contribution < 1.29 is 19.4 Å². The maximum Gasteiger partial charge on any atom is 0.227 e. The van der Waals surface area contributed by atoms with Crippen molar-refractivity contribution in [3.63, 3.8) is 0 Å². The minimum Gasteiger partial charge on any atom is -0.497 e. The second-order valence-corrected chi connectivity index (χ2v) is 6.64. The fourth-order valence-electron chi connectivity index (χ4n) is 3.69. The molecule has 2 aliphatic rings. The largest absolute Gasteiger partial charge is 0.497 e. The van der Waals surface area contributed by atoms with E-state index in [0.717, 1.165) is 28.2 Å². The molecule has 0 saturated carbocycles. The first kappa shape index (κ1) is 16.0. The topological polar surface area (TPSA) is 67.8 Å². The van der Waals surface area contributed by atoms with Crippen LogP contribution in [0.3, 0.4) is 0 Å². The number of aliphatic hydroxyl groups is 1. The number of rotatable bonds is 3. The van der Waals surface area contributed by atoms with E-state index >= 15 is 0 Å². The number of ether oxygens (including phenoxy) is 2. The van der Waals surface area contributed by atoms with Gasteiger partial charge in [0.25, 0.3) is 0 Å². The Bertz CT molecular complexity index is 804. The van der Waals surface area contributed by atoms with Crippen LogP contribution in [-0.4, -0.2) is 30.8 Å². The molecule has 2 aromatic rings. The molecular weight excluding hydrogens is 318 g/mol. The van der Waals surface area contributed by atoms with Crippen LogP contribution in [0.15, 0.2) is 42.5 Å². The molecule has 25 heavy (non-hydrogen) atoms. The third kappa shape index (κ3) is 2.96. The standard InChI is InChI=1S/C20H21NO4/c1-24-15-6-7-18-13(9-15)8-14(11-25-18)20(23)21-19-16-5-3-2-4-12(16)10-17(19)22/h2-7,9,14,17,19,22H,8,10-11H2,1H3,(H,21,23)/t14?,17-,19+/m0/s1. The number of amides is 1. The fourth-order valence-corrected chi connectivity index (χ4v) is 3.69. The van der Waals surface area contributed by atoms with Crippen molar-refractivity contribution in [2.75, 3.05) is 13.7 Å². The van der Waals surface area contributed by atoms with Crippen LogP contribution in [-0.2, 0) is 17.6 Å². The van der Waals surface area contributed by atoms with Gasteiger partial charge in [-0.15, -0.1) is 0 Å². The van der Waals surface area contributed by atoms with Gasteiger partial charge in [-0.25, -0.2) is 0 Å². The summed E-state index contributed by atoms with van der Waals surface area (Å²) >= 11 is 0. The lowest BCUT2D eigenvalue weighted by atomic mass is 9.95. The summed E-state index contributed by atoms with van der Waals surface area (Å²) in [5, 5.41) is 13.3. The summed E-state index contributed by atoms with van der Waals surface area (Å²) in [7, 11) is 1.62. The molecule has 5 heteroatoms. The summed E-state index contributed by atoms with van der Waals surface area (Å²) in [5.41, 5.74) is 3.07. The van der Waals surface area contributed by atoms with E-state index in [2.05, 4.69) is 5.32 Å². The van der Waals surface area contributed by atoms with Gasteiger partial charge in [-0.2, -0.15) is 0 Å². The lowest BCUT2D eigenvalue weighted by Crippen LogP contribution is -2.41. The highest BCUT2D eigenvalue weighted by Gasteiger charge is 2.34. The molecule has 1 unspecified atom stereocenters. The van der Waals surface area contributed by atoms with Crippen LogP contribution in [0.2, 0.25) is 0 Å². The van der Waals surface area contributed by atoms with E-state index in [1.807, 2.05) is 42.5 Å². The number of carbonyl (C=O) groups is 1. The van der Waals surface area contributed by atoms with Gasteiger partial charge < -0.3 is 19.9 Å². The average molecular weight is 339 g/mol. The predicted molar refractivity (Wildman–Crippen MR) is 92.7 cm³/mol. The summed E-state index contributed by atoms with van der Waals surface area (Å²) in [6, 6.07) is 13.1. The van der Waals surface area contributed by atoms with Crippen molar-refractivity contribution in [3.05, 3.63) is 59.2 Å². The lowest BCUT2D eigenvalue weighted by Gasteiger charge is -2.27. The highest BCUT2D eigenvalue weighted by atomic mass is 16.5. The summed E-state index contributed by atoms with van der Waals surface area (Å²) in [6.07, 6.45) is 0.587. The van der Waals surface area contributed by atoms with Crippen LogP contribution in [0.25, 0.3) is 0 Å².